The maximum Gasteiger partial charge on any atom is 0.191 e. The summed E-state index contributed by atoms with van der Waals surface area (Å²) in [6, 6.07) is 1.88. The van der Waals surface area contributed by atoms with Crippen LogP contribution in [0.5, 0.6) is 0 Å². The lowest BCUT2D eigenvalue weighted by Gasteiger charge is -2.01. The second-order valence-corrected chi connectivity index (χ2v) is 4.54. The number of nitrogens with two attached hydrogens (primary N) is 1. The number of nitrogen functional groups attached to an aromatic ring is 1. The van der Waals surface area contributed by atoms with E-state index in [1.165, 1.54) is 12.8 Å². The van der Waals surface area contributed by atoms with Crippen molar-refractivity contribution < 1.29 is 4.52 Å². The minimum absolute atomic E-state index is 0.519. The second-order valence-electron chi connectivity index (χ2n) is 4.14. The number of hydrogen-bond donors (Lipinski definition) is 1. The normalized spacial score (nSPS) is 16.1. The van der Waals surface area contributed by atoms with E-state index in [0.29, 0.717) is 22.2 Å². The van der Waals surface area contributed by atoms with E-state index in [1.54, 1.807) is 0 Å². The van der Waals surface area contributed by atoms with Gasteiger partial charge in [0.1, 0.15) is 0 Å². The van der Waals surface area contributed by atoms with Gasteiger partial charge in [0.15, 0.2) is 5.58 Å². The first-order valence-corrected chi connectivity index (χ1v) is 5.40. The molecule has 1 aromatic heterocycles. The predicted molar refractivity (Wildman–Crippen MR) is 60.1 cm³/mol. The lowest BCUT2D eigenvalue weighted by molar-refractivity contribution is 0.447. The van der Waals surface area contributed by atoms with Crippen molar-refractivity contribution in [3.63, 3.8) is 0 Å². The van der Waals surface area contributed by atoms with Gasteiger partial charge in [0.2, 0.25) is 0 Å². The molecule has 0 spiro atoms. The summed E-state index contributed by atoms with van der Waals surface area (Å²) in [5, 5.41) is 5.68. The number of nitrogens with zero attached hydrogens (tertiary/aromatic N) is 1. The molecule has 1 saturated carbocycles. The Bertz CT molecular complexity index is 543. The third kappa shape index (κ3) is 1.23. The van der Waals surface area contributed by atoms with Crippen molar-refractivity contribution in [3.05, 3.63) is 22.3 Å². The third-order valence-electron chi connectivity index (χ3n) is 2.93. The van der Waals surface area contributed by atoms with Gasteiger partial charge in [-0.25, -0.2) is 0 Å². The van der Waals surface area contributed by atoms with Crippen LogP contribution in [0.1, 0.15) is 30.0 Å². The molecule has 0 aliphatic heterocycles. The fourth-order valence-electron chi connectivity index (χ4n) is 1.87. The molecule has 0 atom stereocenters. The van der Waals surface area contributed by atoms with E-state index in [9.17, 15) is 0 Å². The molecule has 1 aromatic carbocycles. The molecular formula is C11H11ClN2O. The van der Waals surface area contributed by atoms with Crippen molar-refractivity contribution in [2.75, 3.05) is 5.73 Å². The largest absolute Gasteiger partial charge is 0.395 e. The Morgan fingerprint density at radius 3 is 2.93 bits per heavy atom. The van der Waals surface area contributed by atoms with Gasteiger partial charge in [0, 0.05) is 5.92 Å². The average molecular weight is 223 g/mol. The lowest BCUT2D eigenvalue weighted by atomic mass is 10.1. The second kappa shape index (κ2) is 2.89. The van der Waals surface area contributed by atoms with E-state index in [0.717, 1.165) is 16.6 Å². The predicted octanol–water partition coefficient (Wildman–Crippen LogP) is 3.25. The van der Waals surface area contributed by atoms with E-state index in [4.69, 9.17) is 21.9 Å². The van der Waals surface area contributed by atoms with Gasteiger partial charge in [-0.2, -0.15) is 0 Å². The molecule has 78 valence electrons. The number of rotatable bonds is 1. The van der Waals surface area contributed by atoms with Crippen LogP contribution in [0.3, 0.4) is 0 Å². The number of fused-ring (bicyclic) bond motifs is 1. The Labute approximate surface area is 92.2 Å². The van der Waals surface area contributed by atoms with Gasteiger partial charge in [0.25, 0.3) is 0 Å². The van der Waals surface area contributed by atoms with Crippen LogP contribution in [0.4, 0.5) is 5.69 Å². The Morgan fingerprint density at radius 2 is 2.27 bits per heavy atom. The summed E-state index contributed by atoms with van der Waals surface area (Å²) >= 11 is 6.20. The van der Waals surface area contributed by atoms with Gasteiger partial charge in [-0.3, -0.25) is 0 Å². The van der Waals surface area contributed by atoms with Crippen LogP contribution in [0.15, 0.2) is 10.6 Å². The highest BCUT2D eigenvalue weighted by Crippen LogP contribution is 2.45. The number of benzene rings is 1. The molecule has 2 N–H and O–H groups in total. The van der Waals surface area contributed by atoms with Gasteiger partial charge in [-0.15, -0.1) is 0 Å². The van der Waals surface area contributed by atoms with E-state index in [1.807, 2.05) is 13.0 Å². The fraction of sp³-hybridized carbons (Fsp3) is 0.364. The molecule has 4 heteroatoms. The Kier molecular flexibility index (Phi) is 1.74. The SMILES string of the molecule is Cc1cc(Cl)c2c(C3CC3)noc2c1N. The molecule has 1 aliphatic rings. The first-order valence-electron chi connectivity index (χ1n) is 5.02. The van der Waals surface area contributed by atoms with Gasteiger partial charge >= 0.3 is 0 Å². The van der Waals surface area contributed by atoms with E-state index < -0.39 is 0 Å². The zero-order valence-corrected chi connectivity index (χ0v) is 9.14. The number of halogens is 1. The van der Waals surface area contributed by atoms with Crippen LogP contribution in [-0.2, 0) is 0 Å². The van der Waals surface area contributed by atoms with Crippen molar-refractivity contribution >= 4 is 28.3 Å². The molecular weight excluding hydrogens is 212 g/mol. The molecule has 0 radical (unpaired) electrons. The molecule has 3 rings (SSSR count). The van der Waals surface area contributed by atoms with Crippen LogP contribution in [0.25, 0.3) is 11.0 Å². The fourth-order valence-corrected chi connectivity index (χ4v) is 2.22. The van der Waals surface area contributed by atoms with Crippen molar-refractivity contribution in [3.8, 4) is 0 Å². The van der Waals surface area contributed by atoms with Crippen LogP contribution >= 0.6 is 11.6 Å². The minimum Gasteiger partial charge on any atom is -0.395 e. The first-order chi connectivity index (χ1) is 7.18. The summed E-state index contributed by atoms with van der Waals surface area (Å²) in [4.78, 5) is 0. The quantitative estimate of drug-likeness (QED) is 0.754. The van der Waals surface area contributed by atoms with Gasteiger partial charge in [0.05, 0.1) is 21.8 Å². The highest BCUT2D eigenvalue weighted by atomic mass is 35.5. The molecule has 0 bridgehead atoms. The molecule has 0 amide bonds. The minimum atomic E-state index is 0.519. The first kappa shape index (κ1) is 9.04. The third-order valence-corrected chi connectivity index (χ3v) is 3.23. The highest BCUT2D eigenvalue weighted by Gasteiger charge is 2.30. The molecule has 0 unspecified atom stereocenters. The van der Waals surface area contributed by atoms with Crippen LogP contribution in [-0.4, -0.2) is 5.16 Å². The standard InChI is InChI=1S/C11H11ClN2O/c1-5-4-7(12)8-10(6-2-3-6)14-15-11(8)9(5)13/h4,6H,2-3,13H2,1H3. The summed E-state index contributed by atoms with van der Waals surface area (Å²) in [5.74, 6) is 0.519. The highest BCUT2D eigenvalue weighted by molar-refractivity contribution is 6.36. The van der Waals surface area contributed by atoms with Crippen molar-refractivity contribution in [1.82, 2.24) is 5.16 Å². The van der Waals surface area contributed by atoms with E-state index >= 15 is 0 Å². The summed E-state index contributed by atoms with van der Waals surface area (Å²) in [6.07, 6.45) is 2.34. The zero-order valence-electron chi connectivity index (χ0n) is 8.38. The van der Waals surface area contributed by atoms with Crippen molar-refractivity contribution in [1.29, 1.82) is 0 Å². The number of anilines is 1. The molecule has 0 saturated heterocycles. The molecule has 1 aliphatic carbocycles. The van der Waals surface area contributed by atoms with Gasteiger partial charge in [-0.05, 0) is 31.4 Å². The van der Waals surface area contributed by atoms with Crippen LogP contribution in [0, 0.1) is 6.92 Å². The molecule has 2 aromatic rings. The van der Waals surface area contributed by atoms with E-state index in [-0.39, 0.29) is 0 Å². The van der Waals surface area contributed by atoms with Crippen LogP contribution < -0.4 is 5.73 Å². The molecule has 1 fully saturated rings. The topological polar surface area (TPSA) is 52.0 Å². The van der Waals surface area contributed by atoms with Crippen LogP contribution in [0.2, 0.25) is 5.02 Å². The Balaban J connectivity index is 2.38. The molecule has 3 nitrogen and oxygen atoms in total. The van der Waals surface area contributed by atoms with Crippen molar-refractivity contribution in [2.24, 2.45) is 0 Å². The average Bonchev–Trinajstić information content (AvgIpc) is 2.94. The number of aryl methyl sites for hydroxylation is 1. The summed E-state index contributed by atoms with van der Waals surface area (Å²) in [5.41, 5.74) is 9.13. The maximum absolute atomic E-state index is 6.20. The smallest absolute Gasteiger partial charge is 0.191 e. The van der Waals surface area contributed by atoms with Crippen molar-refractivity contribution in [2.45, 2.75) is 25.7 Å². The zero-order chi connectivity index (χ0) is 10.6. The summed E-state index contributed by atoms with van der Waals surface area (Å²) < 4.78 is 5.28. The monoisotopic (exact) mass is 222 g/mol. The summed E-state index contributed by atoms with van der Waals surface area (Å²) in [6.45, 7) is 1.92. The van der Waals surface area contributed by atoms with E-state index in [2.05, 4.69) is 5.16 Å². The lowest BCUT2D eigenvalue weighted by Crippen LogP contribution is -1.90. The molecule has 15 heavy (non-hydrogen) atoms. The maximum atomic E-state index is 6.20. The summed E-state index contributed by atoms with van der Waals surface area (Å²) in [7, 11) is 0. The van der Waals surface area contributed by atoms with Gasteiger partial charge in [-0.1, -0.05) is 16.8 Å². The molecule has 1 heterocycles. The number of hydrogen-bond acceptors (Lipinski definition) is 3. The number of aromatic nitrogens is 1. The van der Waals surface area contributed by atoms with Gasteiger partial charge < -0.3 is 10.3 Å². The Morgan fingerprint density at radius 1 is 1.53 bits per heavy atom. The Hall–Kier alpha value is -1.22.